The van der Waals surface area contributed by atoms with Crippen molar-refractivity contribution in [1.82, 2.24) is 9.97 Å². The molecule has 0 saturated heterocycles. The Morgan fingerprint density at radius 3 is 2.67 bits per heavy atom. The minimum atomic E-state index is 0.0542. The molecular weight excluding hydrogens is 424 g/mol. The van der Waals surface area contributed by atoms with Gasteiger partial charge in [-0.05, 0) is 57.5 Å². The van der Waals surface area contributed by atoms with Crippen LogP contribution in [0.3, 0.4) is 0 Å². The zero-order valence-electron chi connectivity index (χ0n) is 17.6. The van der Waals surface area contributed by atoms with Gasteiger partial charge in [-0.25, -0.2) is 9.97 Å². The lowest BCUT2D eigenvalue weighted by Gasteiger charge is -2.21. The van der Waals surface area contributed by atoms with Crippen molar-refractivity contribution >= 4 is 45.8 Å². The van der Waals surface area contributed by atoms with Crippen molar-refractivity contribution in [2.24, 2.45) is 0 Å². The second-order valence-corrected chi connectivity index (χ2v) is 11.4. The number of fused-ring (bicyclic) bond motifs is 2. The zero-order chi connectivity index (χ0) is 21.0. The summed E-state index contributed by atoms with van der Waals surface area (Å²) < 4.78 is 1.35. The van der Waals surface area contributed by atoms with Crippen molar-refractivity contribution in [3.05, 3.63) is 59.2 Å². The number of benzene rings is 2. The van der Waals surface area contributed by atoms with E-state index in [1.807, 2.05) is 23.1 Å². The molecule has 2 aromatic heterocycles. The number of thioether (sulfide) groups is 1. The summed E-state index contributed by atoms with van der Waals surface area (Å²) >= 11 is 8.70. The third-order valence-electron chi connectivity index (χ3n) is 5.76. The van der Waals surface area contributed by atoms with E-state index in [0.29, 0.717) is 5.92 Å². The number of nitrogens with zero attached hydrogens (tertiary/aromatic N) is 2. The van der Waals surface area contributed by atoms with Crippen LogP contribution in [0, 0.1) is 0 Å². The third kappa shape index (κ3) is 3.28. The van der Waals surface area contributed by atoms with Gasteiger partial charge in [-0.2, -0.15) is 0 Å². The Kier molecular flexibility index (Phi) is 4.96. The highest BCUT2D eigenvalue weighted by Crippen LogP contribution is 2.46. The van der Waals surface area contributed by atoms with E-state index in [2.05, 4.69) is 79.4 Å². The van der Waals surface area contributed by atoms with Gasteiger partial charge in [0.25, 0.3) is 0 Å². The van der Waals surface area contributed by atoms with Gasteiger partial charge < -0.3 is 0 Å². The van der Waals surface area contributed by atoms with Gasteiger partial charge in [-0.1, -0.05) is 39.8 Å². The normalized spacial score (nSPS) is 16.2. The summed E-state index contributed by atoms with van der Waals surface area (Å²) in [5, 5.41) is 3.43. The van der Waals surface area contributed by atoms with Crippen molar-refractivity contribution < 1.29 is 0 Å². The van der Waals surface area contributed by atoms with Gasteiger partial charge in [0.2, 0.25) is 0 Å². The minimum Gasteiger partial charge on any atom is -0.235 e. The van der Waals surface area contributed by atoms with Crippen molar-refractivity contribution in [2.45, 2.75) is 48.8 Å². The highest BCUT2D eigenvalue weighted by atomic mass is 32.2. The summed E-state index contributed by atoms with van der Waals surface area (Å²) in [6.45, 7) is 9.10. The largest absolute Gasteiger partial charge is 0.235 e. The fourth-order valence-electron chi connectivity index (χ4n) is 4.25. The van der Waals surface area contributed by atoms with E-state index in [1.54, 1.807) is 6.33 Å². The van der Waals surface area contributed by atoms with Crippen molar-refractivity contribution in [3.63, 3.8) is 0 Å². The van der Waals surface area contributed by atoms with Crippen LogP contribution in [0.1, 0.15) is 44.7 Å². The van der Waals surface area contributed by atoms with Crippen LogP contribution in [0.15, 0.2) is 57.9 Å². The molecule has 0 saturated carbocycles. The van der Waals surface area contributed by atoms with Crippen LogP contribution >= 0.6 is 35.7 Å². The Hall–Kier alpha value is -1.82. The number of aromatic nitrogens is 2. The number of thiophene rings is 1. The Morgan fingerprint density at radius 1 is 1.07 bits per heavy atom. The summed E-state index contributed by atoms with van der Waals surface area (Å²) in [4.78, 5) is 11.6. The van der Waals surface area contributed by atoms with E-state index in [1.165, 1.54) is 31.7 Å². The molecule has 0 amide bonds. The monoisotopic (exact) mass is 448 g/mol. The second-order valence-electron chi connectivity index (χ2n) is 8.96. The van der Waals surface area contributed by atoms with Gasteiger partial charge >= 0.3 is 0 Å². The molecule has 4 aromatic rings. The molecule has 0 spiro atoms. The first-order valence-corrected chi connectivity index (χ1v) is 12.5. The molecule has 0 bridgehead atoms. The lowest BCUT2D eigenvalue weighted by atomic mass is 9.85. The van der Waals surface area contributed by atoms with Gasteiger partial charge in [0.1, 0.15) is 6.33 Å². The van der Waals surface area contributed by atoms with Crippen LogP contribution in [0.5, 0.6) is 0 Å². The lowest BCUT2D eigenvalue weighted by Crippen LogP contribution is -2.11. The molecule has 1 atom stereocenters. The molecule has 0 radical (unpaired) electrons. The van der Waals surface area contributed by atoms with Crippen LogP contribution < -0.4 is 0 Å². The van der Waals surface area contributed by atoms with Crippen LogP contribution in [0.25, 0.3) is 32.6 Å². The SMILES string of the molecule is CC1CSc2cccc(-c3ncnc(-c4cc(C(C)(C)C)c5sccc5c4)c3S)c21. The first kappa shape index (κ1) is 20.1. The van der Waals surface area contributed by atoms with Crippen molar-refractivity contribution in [3.8, 4) is 22.5 Å². The van der Waals surface area contributed by atoms with E-state index >= 15 is 0 Å². The van der Waals surface area contributed by atoms with Gasteiger partial charge in [0.15, 0.2) is 0 Å². The molecule has 0 fully saturated rings. The van der Waals surface area contributed by atoms with Gasteiger partial charge in [-0.3, -0.25) is 0 Å². The van der Waals surface area contributed by atoms with Gasteiger partial charge in [0, 0.05) is 26.5 Å². The molecule has 1 unspecified atom stereocenters. The number of rotatable bonds is 2. The predicted octanol–water partition coefficient (Wildman–Crippen LogP) is 7.82. The van der Waals surface area contributed by atoms with Crippen LogP contribution in [-0.4, -0.2) is 15.7 Å². The topological polar surface area (TPSA) is 25.8 Å². The van der Waals surface area contributed by atoms with Crippen LogP contribution in [0.2, 0.25) is 0 Å². The maximum absolute atomic E-state index is 4.96. The lowest BCUT2D eigenvalue weighted by molar-refractivity contribution is 0.597. The fraction of sp³-hybridized carbons (Fsp3) is 0.280. The third-order valence-corrected chi connectivity index (χ3v) is 8.48. The van der Waals surface area contributed by atoms with E-state index < -0.39 is 0 Å². The average molecular weight is 449 g/mol. The second kappa shape index (κ2) is 7.40. The summed E-state index contributed by atoms with van der Waals surface area (Å²) in [5.74, 6) is 1.64. The maximum atomic E-state index is 4.96. The number of hydrogen-bond donors (Lipinski definition) is 1. The molecule has 3 heterocycles. The van der Waals surface area contributed by atoms with Crippen molar-refractivity contribution in [2.75, 3.05) is 5.75 Å². The first-order valence-electron chi connectivity index (χ1n) is 10.2. The molecule has 2 aromatic carbocycles. The van der Waals surface area contributed by atoms with E-state index in [9.17, 15) is 0 Å². The predicted molar refractivity (Wildman–Crippen MR) is 133 cm³/mol. The molecule has 5 rings (SSSR count). The summed E-state index contributed by atoms with van der Waals surface area (Å²) in [7, 11) is 0. The molecule has 152 valence electrons. The zero-order valence-corrected chi connectivity index (χ0v) is 20.1. The number of hydrogen-bond acceptors (Lipinski definition) is 5. The van der Waals surface area contributed by atoms with Gasteiger partial charge in [-0.15, -0.1) is 35.7 Å². The average Bonchev–Trinajstić information content (AvgIpc) is 3.33. The highest BCUT2D eigenvalue weighted by Gasteiger charge is 2.26. The van der Waals surface area contributed by atoms with E-state index in [0.717, 1.165) is 27.6 Å². The molecule has 5 heteroatoms. The van der Waals surface area contributed by atoms with Crippen LogP contribution in [0.4, 0.5) is 0 Å². The molecule has 0 N–H and O–H groups in total. The molecule has 2 nitrogen and oxygen atoms in total. The Bertz CT molecular complexity index is 1270. The van der Waals surface area contributed by atoms with E-state index in [4.69, 9.17) is 12.6 Å². The quantitative estimate of drug-likeness (QED) is 0.317. The maximum Gasteiger partial charge on any atom is 0.116 e. The molecule has 1 aliphatic rings. The Labute approximate surface area is 191 Å². The summed E-state index contributed by atoms with van der Waals surface area (Å²) in [6.07, 6.45) is 1.69. The van der Waals surface area contributed by atoms with Gasteiger partial charge in [0.05, 0.1) is 16.3 Å². The summed E-state index contributed by atoms with van der Waals surface area (Å²) in [5.41, 5.74) is 6.92. The Morgan fingerprint density at radius 2 is 1.87 bits per heavy atom. The minimum absolute atomic E-state index is 0.0542. The van der Waals surface area contributed by atoms with Crippen LogP contribution in [-0.2, 0) is 5.41 Å². The van der Waals surface area contributed by atoms with Crippen molar-refractivity contribution in [1.29, 1.82) is 0 Å². The molecule has 1 aliphatic heterocycles. The Balaban J connectivity index is 1.72. The molecular formula is C25H24N2S3. The molecule has 30 heavy (non-hydrogen) atoms. The molecule has 0 aliphatic carbocycles. The number of thiol groups is 1. The standard InChI is InChI=1S/C25H24N2S3/c1-14-12-30-19-7-5-6-17(20(14)19)22-23(28)21(26-13-27-22)16-10-15-8-9-29-24(15)18(11-16)25(2,3)4/h5-11,13-14,28H,12H2,1-4H3. The highest BCUT2D eigenvalue weighted by molar-refractivity contribution is 7.99. The smallest absolute Gasteiger partial charge is 0.116 e. The fourth-order valence-corrected chi connectivity index (χ4v) is 6.95. The van der Waals surface area contributed by atoms with E-state index in [-0.39, 0.29) is 5.41 Å². The summed E-state index contributed by atoms with van der Waals surface area (Å²) in [6, 6.07) is 13.2. The first-order chi connectivity index (χ1) is 14.3.